The number of amides is 2. The Labute approximate surface area is 118 Å². The standard InChI is InChI=1S/C15H21N3O2/c16-8-12-5-2-6-13(12)15(20)18-9-10-3-1-4-11(7-10)14(17)19/h1,3-4,7,12-13H,2,5-6,8-9,16H2,(H2,17,19)(H,18,20)/t12-,13-/m1/s1. The summed E-state index contributed by atoms with van der Waals surface area (Å²) in [6.07, 6.45) is 3.01. The summed E-state index contributed by atoms with van der Waals surface area (Å²) in [6, 6.07) is 6.99. The maximum absolute atomic E-state index is 12.1. The third-order valence-electron chi connectivity index (χ3n) is 3.98. The van der Waals surface area contributed by atoms with Crippen LogP contribution < -0.4 is 16.8 Å². The molecule has 0 radical (unpaired) electrons. The smallest absolute Gasteiger partial charge is 0.248 e. The van der Waals surface area contributed by atoms with Crippen molar-refractivity contribution in [3.63, 3.8) is 0 Å². The van der Waals surface area contributed by atoms with Gasteiger partial charge in [0.05, 0.1) is 0 Å². The molecular weight excluding hydrogens is 254 g/mol. The van der Waals surface area contributed by atoms with Gasteiger partial charge in [-0.2, -0.15) is 0 Å². The van der Waals surface area contributed by atoms with Crippen LogP contribution in [-0.2, 0) is 11.3 Å². The minimum atomic E-state index is -0.461. The van der Waals surface area contributed by atoms with Crippen LogP contribution in [0.15, 0.2) is 24.3 Å². The highest BCUT2D eigenvalue weighted by Gasteiger charge is 2.31. The monoisotopic (exact) mass is 275 g/mol. The molecule has 2 amide bonds. The van der Waals surface area contributed by atoms with Gasteiger partial charge in [0.25, 0.3) is 0 Å². The fraction of sp³-hybridized carbons (Fsp3) is 0.467. The highest BCUT2D eigenvalue weighted by molar-refractivity contribution is 5.92. The molecule has 0 heterocycles. The average molecular weight is 275 g/mol. The summed E-state index contributed by atoms with van der Waals surface area (Å²) in [5, 5.41) is 2.92. The van der Waals surface area contributed by atoms with Crippen molar-refractivity contribution in [3.8, 4) is 0 Å². The summed E-state index contributed by atoms with van der Waals surface area (Å²) in [6.45, 7) is 0.975. The number of hydrogen-bond donors (Lipinski definition) is 3. The molecule has 0 aliphatic heterocycles. The molecule has 2 rings (SSSR count). The molecule has 108 valence electrons. The molecule has 1 saturated carbocycles. The van der Waals surface area contributed by atoms with Crippen LogP contribution in [0, 0.1) is 11.8 Å². The van der Waals surface area contributed by atoms with Crippen LogP contribution >= 0.6 is 0 Å². The SMILES string of the molecule is NC[C@H]1CCC[C@H]1C(=O)NCc1cccc(C(N)=O)c1. The number of primary amides is 1. The first-order valence-corrected chi connectivity index (χ1v) is 6.98. The molecular formula is C15H21N3O2. The van der Waals surface area contributed by atoms with Gasteiger partial charge in [0.2, 0.25) is 11.8 Å². The normalized spacial score (nSPS) is 21.6. The highest BCUT2D eigenvalue weighted by atomic mass is 16.2. The van der Waals surface area contributed by atoms with Gasteiger partial charge in [-0.25, -0.2) is 0 Å². The van der Waals surface area contributed by atoms with Crippen LogP contribution in [-0.4, -0.2) is 18.4 Å². The Hall–Kier alpha value is -1.88. The molecule has 1 aromatic carbocycles. The molecule has 1 aliphatic rings. The van der Waals surface area contributed by atoms with E-state index in [1.54, 1.807) is 18.2 Å². The molecule has 0 saturated heterocycles. The topological polar surface area (TPSA) is 98.2 Å². The summed E-state index contributed by atoms with van der Waals surface area (Å²) in [4.78, 5) is 23.3. The van der Waals surface area contributed by atoms with Crippen molar-refractivity contribution in [2.24, 2.45) is 23.3 Å². The fourth-order valence-corrected chi connectivity index (χ4v) is 2.82. The number of carbonyl (C=O) groups is 2. The molecule has 1 aliphatic carbocycles. The minimum Gasteiger partial charge on any atom is -0.366 e. The summed E-state index contributed by atoms with van der Waals surface area (Å²) >= 11 is 0. The van der Waals surface area contributed by atoms with Gasteiger partial charge in [0, 0.05) is 18.0 Å². The molecule has 0 spiro atoms. The molecule has 1 fully saturated rings. The van der Waals surface area contributed by atoms with Crippen molar-refractivity contribution in [2.75, 3.05) is 6.54 Å². The van der Waals surface area contributed by atoms with Gasteiger partial charge in [0.1, 0.15) is 0 Å². The lowest BCUT2D eigenvalue weighted by atomic mass is 9.95. The lowest BCUT2D eigenvalue weighted by Crippen LogP contribution is -2.34. The summed E-state index contributed by atoms with van der Waals surface area (Å²) in [5.41, 5.74) is 12.3. The van der Waals surface area contributed by atoms with Gasteiger partial charge < -0.3 is 16.8 Å². The molecule has 0 unspecified atom stereocenters. The van der Waals surface area contributed by atoms with Crippen LogP contribution in [0.3, 0.4) is 0 Å². The molecule has 20 heavy (non-hydrogen) atoms. The van der Waals surface area contributed by atoms with Crippen molar-refractivity contribution in [1.29, 1.82) is 0 Å². The Morgan fingerprint density at radius 3 is 2.80 bits per heavy atom. The summed E-state index contributed by atoms with van der Waals surface area (Å²) < 4.78 is 0. The van der Waals surface area contributed by atoms with E-state index in [9.17, 15) is 9.59 Å². The zero-order valence-corrected chi connectivity index (χ0v) is 11.5. The first kappa shape index (κ1) is 14.5. The number of benzene rings is 1. The quantitative estimate of drug-likeness (QED) is 0.740. The Morgan fingerprint density at radius 1 is 1.30 bits per heavy atom. The summed E-state index contributed by atoms with van der Waals surface area (Å²) in [5.74, 6) is -0.0779. The zero-order chi connectivity index (χ0) is 14.5. The average Bonchev–Trinajstić information content (AvgIpc) is 2.93. The van der Waals surface area contributed by atoms with E-state index in [0.717, 1.165) is 24.8 Å². The number of nitrogens with two attached hydrogens (primary N) is 2. The molecule has 5 N–H and O–H groups in total. The van der Waals surface area contributed by atoms with Crippen LogP contribution in [0.2, 0.25) is 0 Å². The molecule has 0 aromatic heterocycles. The Balaban J connectivity index is 1.93. The van der Waals surface area contributed by atoms with Crippen molar-refractivity contribution >= 4 is 11.8 Å². The second kappa shape index (κ2) is 6.52. The van der Waals surface area contributed by atoms with E-state index in [4.69, 9.17) is 11.5 Å². The molecule has 2 atom stereocenters. The number of nitrogens with one attached hydrogen (secondary N) is 1. The largest absolute Gasteiger partial charge is 0.366 e. The van der Waals surface area contributed by atoms with E-state index in [-0.39, 0.29) is 11.8 Å². The van der Waals surface area contributed by atoms with Gasteiger partial charge in [-0.3, -0.25) is 9.59 Å². The summed E-state index contributed by atoms with van der Waals surface area (Å²) in [7, 11) is 0. The van der Waals surface area contributed by atoms with Crippen LogP contribution in [0.4, 0.5) is 0 Å². The molecule has 5 nitrogen and oxygen atoms in total. The number of hydrogen-bond acceptors (Lipinski definition) is 3. The van der Waals surface area contributed by atoms with E-state index >= 15 is 0 Å². The lowest BCUT2D eigenvalue weighted by molar-refractivity contribution is -0.126. The Kier molecular flexibility index (Phi) is 4.74. The van der Waals surface area contributed by atoms with Crippen molar-refractivity contribution in [3.05, 3.63) is 35.4 Å². The third kappa shape index (κ3) is 3.36. The first-order valence-electron chi connectivity index (χ1n) is 6.98. The Morgan fingerprint density at radius 2 is 2.10 bits per heavy atom. The number of carbonyl (C=O) groups excluding carboxylic acids is 2. The van der Waals surface area contributed by atoms with E-state index in [2.05, 4.69) is 5.32 Å². The van der Waals surface area contributed by atoms with Gasteiger partial charge in [-0.05, 0) is 43.0 Å². The van der Waals surface area contributed by atoms with Crippen molar-refractivity contribution < 1.29 is 9.59 Å². The van der Waals surface area contributed by atoms with E-state index in [0.29, 0.717) is 24.6 Å². The van der Waals surface area contributed by atoms with Crippen molar-refractivity contribution in [1.82, 2.24) is 5.32 Å². The van der Waals surface area contributed by atoms with E-state index < -0.39 is 5.91 Å². The zero-order valence-electron chi connectivity index (χ0n) is 11.5. The van der Waals surface area contributed by atoms with E-state index in [1.807, 2.05) is 6.07 Å². The second-order valence-electron chi connectivity index (χ2n) is 5.32. The maximum atomic E-state index is 12.1. The molecule has 1 aromatic rings. The van der Waals surface area contributed by atoms with Gasteiger partial charge in [0.15, 0.2) is 0 Å². The van der Waals surface area contributed by atoms with Gasteiger partial charge >= 0.3 is 0 Å². The second-order valence-corrected chi connectivity index (χ2v) is 5.32. The Bertz CT molecular complexity index is 502. The van der Waals surface area contributed by atoms with Gasteiger partial charge in [-0.15, -0.1) is 0 Å². The van der Waals surface area contributed by atoms with Crippen molar-refractivity contribution in [2.45, 2.75) is 25.8 Å². The number of rotatable bonds is 5. The van der Waals surface area contributed by atoms with E-state index in [1.165, 1.54) is 0 Å². The predicted molar refractivity (Wildman–Crippen MR) is 76.7 cm³/mol. The molecule has 0 bridgehead atoms. The maximum Gasteiger partial charge on any atom is 0.248 e. The molecule has 5 heteroatoms. The highest BCUT2D eigenvalue weighted by Crippen LogP contribution is 2.30. The fourth-order valence-electron chi connectivity index (χ4n) is 2.82. The lowest BCUT2D eigenvalue weighted by Gasteiger charge is -2.17. The first-order chi connectivity index (χ1) is 9.61. The minimum absolute atomic E-state index is 0.0272. The van der Waals surface area contributed by atoms with Crippen LogP contribution in [0.5, 0.6) is 0 Å². The predicted octanol–water partition coefficient (Wildman–Crippen LogP) is 0.777. The van der Waals surface area contributed by atoms with Crippen LogP contribution in [0.1, 0.15) is 35.2 Å². The van der Waals surface area contributed by atoms with Crippen LogP contribution in [0.25, 0.3) is 0 Å². The van der Waals surface area contributed by atoms with Gasteiger partial charge in [-0.1, -0.05) is 18.6 Å². The third-order valence-corrected chi connectivity index (χ3v) is 3.98.